The van der Waals surface area contributed by atoms with Crippen molar-refractivity contribution in [3.8, 4) is 11.5 Å². The highest BCUT2D eigenvalue weighted by molar-refractivity contribution is 6.42. The molecular weight excluding hydrogens is 525 g/mol. The first-order valence-electron chi connectivity index (χ1n) is 10.7. The molecule has 0 aliphatic carbocycles. The van der Waals surface area contributed by atoms with Gasteiger partial charge in [-0.3, -0.25) is 9.59 Å². The zero-order chi connectivity index (χ0) is 25.8. The van der Waals surface area contributed by atoms with Gasteiger partial charge in [0.05, 0.1) is 39.1 Å². The SMILES string of the molecule is COc1cc(/C=C2\C(=O)N(c3ccccc3)N=C2C)cc(Cl)c1OCC(=O)Nc1ccc(Cl)c(Cl)c1. The van der Waals surface area contributed by atoms with Crippen LogP contribution in [0.3, 0.4) is 0 Å². The van der Waals surface area contributed by atoms with E-state index in [4.69, 9.17) is 44.3 Å². The fraction of sp³-hybridized carbons (Fsp3) is 0.115. The number of para-hydroxylation sites is 1. The Morgan fingerprint density at radius 1 is 1.03 bits per heavy atom. The number of anilines is 2. The van der Waals surface area contributed by atoms with Crippen LogP contribution in [0.1, 0.15) is 12.5 Å². The number of hydrogen-bond donors (Lipinski definition) is 1. The number of carbonyl (C=O) groups excluding carboxylic acids is 2. The number of hydrogen-bond acceptors (Lipinski definition) is 5. The van der Waals surface area contributed by atoms with E-state index in [1.54, 1.807) is 49.4 Å². The second kappa shape index (κ2) is 11.0. The van der Waals surface area contributed by atoms with Crippen molar-refractivity contribution < 1.29 is 19.1 Å². The number of nitrogens with one attached hydrogen (secondary N) is 1. The van der Waals surface area contributed by atoms with Gasteiger partial charge in [0.2, 0.25) is 0 Å². The van der Waals surface area contributed by atoms with Gasteiger partial charge in [0.1, 0.15) is 0 Å². The van der Waals surface area contributed by atoms with Gasteiger partial charge in [0.15, 0.2) is 18.1 Å². The van der Waals surface area contributed by atoms with Crippen molar-refractivity contribution in [2.75, 3.05) is 24.0 Å². The molecular formula is C26H20Cl3N3O4. The molecule has 2 amide bonds. The van der Waals surface area contributed by atoms with Gasteiger partial charge >= 0.3 is 0 Å². The minimum absolute atomic E-state index is 0.194. The smallest absolute Gasteiger partial charge is 0.280 e. The third-order valence-corrected chi connectivity index (χ3v) is 6.20. The summed E-state index contributed by atoms with van der Waals surface area (Å²) in [6.45, 7) is 1.43. The maximum Gasteiger partial charge on any atom is 0.280 e. The fourth-order valence-corrected chi connectivity index (χ4v) is 4.04. The predicted octanol–water partition coefficient (Wildman–Crippen LogP) is 6.48. The Morgan fingerprint density at radius 2 is 1.78 bits per heavy atom. The van der Waals surface area contributed by atoms with Gasteiger partial charge in [-0.1, -0.05) is 53.0 Å². The summed E-state index contributed by atoms with van der Waals surface area (Å²) in [4.78, 5) is 25.3. The molecule has 1 aliphatic rings. The van der Waals surface area contributed by atoms with Crippen LogP contribution in [-0.4, -0.2) is 31.2 Å². The molecule has 0 bridgehead atoms. The summed E-state index contributed by atoms with van der Waals surface area (Å²) in [5.41, 5.74) is 2.74. The summed E-state index contributed by atoms with van der Waals surface area (Å²) >= 11 is 18.3. The third-order valence-electron chi connectivity index (χ3n) is 5.18. The van der Waals surface area contributed by atoms with Crippen molar-refractivity contribution in [1.29, 1.82) is 0 Å². The van der Waals surface area contributed by atoms with Crippen molar-refractivity contribution >= 4 is 69.8 Å². The Kier molecular flexibility index (Phi) is 7.84. The number of nitrogens with zero attached hydrogens (tertiary/aromatic N) is 2. The van der Waals surface area contributed by atoms with E-state index < -0.39 is 5.91 Å². The average Bonchev–Trinajstić information content (AvgIpc) is 3.14. The number of hydrazone groups is 1. The molecule has 0 radical (unpaired) electrons. The Balaban J connectivity index is 1.50. The lowest BCUT2D eigenvalue weighted by Gasteiger charge is -2.14. The van der Waals surface area contributed by atoms with Crippen LogP contribution >= 0.6 is 34.8 Å². The van der Waals surface area contributed by atoms with Gasteiger partial charge in [0.25, 0.3) is 11.8 Å². The van der Waals surface area contributed by atoms with Gasteiger partial charge in [-0.05, 0) is 61.0 Å². The summed E-state index contributed by atoms with van der Waals surface area (Å²) in [6.07, 6.45) is 1.68. The summed E-state index contributed by atoms with van der Waals surface area (Å²) in [7, 11) is 1.45. The lowest BCUT2D eigenvalue weighted by molar-refractivity contribution is -0.118. The molecule has 1 N–H and O–H groups in total. The van der Waals surface area contributed by atoms with E-state index in [0.29, 0.717) is 44.0 Å². The van der Waals surface area contributed by atoms with E-state index in [2.05, 4.69) is 10.4 Å². The van der Waals surface area contributed by atoms with Crippen LogP contribution < -0.4 is 19.8 Å². The number of ether oxygens (including phenoxy) is 2. The van der Waals surface area contributed by atoms with Crippen molar-refractivity contribution in [1.82, 2.24) is 0 Å². The van der Waals surface area contributed by atoms with E-state index in [1.807, 2.05) is 18.2 Å². The second-order valence-corrected chi connectivity index (χ2v) is 8.92. The van der Waals surface area contributed by atoms with Crippen LogP contribution in [0.5, 0.6) is 11.5 Å². The first kappa shape index (κ1) is 25.6. The van der Waals surface area contributed by atoms with Crippen LogP contribution in [0.15, 0.2) is 71.3 Å². The lowest BCUT2D eigenvalue weighted by Crippen LogP contribution is -2.21. The van der Waals surface area contributed by atoms with E-state index in [0.717, 1.165) is 0 Å². The largest absolute Gasteiger partial charge is 0.493 e. The van der Waals surface area contributed by atoms with Crippen LogP contribution in [0.2, 0.25) is 15.1 Å². The molecule has 0 unspecified atom stereocenters. The van der Waals surface area contributed by atoms with Crippen molar-refractivity contribution in [2.24, 2.45) is 5.10 Å². The van der Waals surface area contributed by atoms with Crippen LogP contribution in [0, 0.1) is 0 Å². The fourth-order valence-electron chi connectivity index (χ4n) is 3.47. The molecule has 0 saturated heterocycles. The highest BCUT2D eigenvalue weighted by Gasteiger charge is 2.28. The maximum atomic E-state index is 13.0. The first-order chi connectivity index (χ1) is 17.3. The van der Waals surface area contributed by atoms with Crippen LogP contribution in [0.25, 0.3) is 6.08 Å². The van der Waals surface area contributed by atoms with Gasteiger partial charge in [-0.25, -0.2) is 0 Å². The molecule has 0 saturated carbocycles. The number of methoxy groups -OCH3 is 1. The molecule has 3 aromatic carbocycles. The Bertz CT molecular complexity index is 1390. The lowest BCUT2D eigenvalue weighted by atomic mass is 10.1. The van der Waals surface area contributed by atoms with Crippen molar-refractivity contribution in [3.05, 3.63) is 86.9 Å². The third kappa shape index (κ3) is 5.65. The molecule has 3 aromatic rings. The summed E-state index contributed by atoms with van der Waals surface area (Å²) < 4.78 is 11.1. The summed E-state index contributed by atoms with van der Waals surface area (Å²) in [5.74, 6) is -0.188. The van der Waals surface area contributed by atoms with Gasteiger partial charge in [0, 0.05) is 5.69 Å². The number of carbonyl (C=O) groups is 2. The van der Waals surface area contributed by atoms with Crippen LogP contribution in [-0.2, 0) is 9.59 Å². The number of benzene rings is 3. The molecule has 1 aliphatic heterocycles. The van der Waals surface area contributed by atoms with Gasteiger partial charge in [-0.2, -0.15) is 10.1 Å². The molecule has 0 atom stereocenters. The standard InChI is InChI=1S/C26H20Cl3N3O4/c1-15-19(26(34)32(31-15)18-6-4-3-5-7-18)10-16-11-22(29)25(23(12-16)35-2)36-14-24(33)30-17-8-9-20(27)21(28)13-17/h3-13H,14H2,1-2H3,(H,30,33)/b19-10-. The van der Waals surface area contributed by atoms with Crippen molar-refractivity contribution in [2.45, 2.75) is 6.92 Å². The van der Waals surface area contributed by atoms with E-state index >= 15 is 0 Å². The summed E-state index contributed by atoms with van der Waals surface area (Å²) in [6, 6.07) is 17.2. The second-order valence-electron chi connectivity index (χ2n) is 7.70. The maximum absolute atomic E-state index is 13.0. The number of rotatable bonds is 7. The van der Waals surface area contributed by atoms with Crippen molar-refractivity contribution in [3.63, 3.8) is 0 Å². The van der Waals surface area contributed by atoms with E-state index in [1.165, 1.54) is 18.2 Å². The molecule has 36 heavy (non-hydrogen) atoms. The quantitative estimate of drug-likeness (QED) is 0.345. The zero-order valence-corrected chi connectivity index (χ0v) is 21.5. The molecule has 1 heterocycles. The predicted molar refractivity (Wildman–Crippen MR) is 144 cm³/mol. The topological polar surface area (TPSA) is 80.2 Å². The highest BCUT2D eigenvalue weighted by atomic mass is 35.5. The number of amides is 2. The molecule has 184 valence electrons. The van der Waals surface area contributed by atoms with E-state index in [9.17, 15) is 9.59 Å². The number of halogens is 3. The van der Waals surface area contributed by atoms with Gasteiger partial charge in [-0.15, -0.1) is 0 Å². The molecule has 0 aromatic heterocycles. The normalized spacial score (nSPS) is 14.1. The van der Waals surface area contributed by atoms with Crippen LogP contribution in [0.4, 0.5) is 11.4 Å². The van der Waals surface area contributed by atoms with E-state index in [-0.39, 0.29) is 23.3 Å². The Labute approximate surface area is 222 Å². The molecule has 0 fully saturated rings. The monoisotopic (exact) mass is 543 g/mol. The molecule has 10 heteroatoms. The molecule has 7 nitrogen and oxygen atoms in total. The molecule has 4 rings (SSSR count). The summed E-state index contributed by atoms with van der Waals surface area (Å²) in [5, 5.41) is 9.31. The zero-order valence-electron chi connectivity index (χ0n) is 19.2. The minimum atomic E-state index is -0.429. The Hall–Kier alpha value is -3.52. The minimum Gasteiger partial charge on any atom is -0.493 e. The molecule has 0 spiro atoms. The van der Waals surface area contributed by atoms with Gasteiger partial charge < -0.3 is 14.8 Å². The highest BCUT2D eigenvalue weighted by Crippen LogP contribution is 2.37. The first-order valence-corrected chi connectivity index (χ1v) is 11.8. The average molecular weight is 545 g/mol. The Morgan fingerprint density at radius 3 is 2.47 bits per heavy atom.